The van der Waals surface area contributed by atoms with Gasteiger partial charge in [-0.15, -0.1) is 0 Å². The zero-order valence-corrected chi connectivity index (χ0v) is 14.6. The maximum Gasteiger partial charge on any atom is 0.152 e. The van der Waals surface area contributed by atoms with E-state index in [0.29, 0.717) is 5.75 Å². The van der Waals surface area contributed by atoms with Crippen molar-refractivity contribution in [2.24, 2.45) is 0 Å². The van der Waals surface area contributed by atoms with Crippen LogP contribution in [0.4, 0.5) is 0 Å². The van der Waals surface area contributed by atoms with Gasteiger partial charge in [0.25, 0.3) is 0 Å². The van der Waals surface area contributed by atoms with Crippen LogP contribution < -0.4 is 5.32 Å². The molecule has 1 rings (SSSR count). The van der Waals surface area contributed by atoms with Gasteiger partial charge >= 0.3 is 0 Å². The zero-order valence-electron chi connectivity index (χ0n) is 13.8. The second-order valence-electron chi connectivity index (χ2n) is 5.83. The molecule has 1 N–H and O–H groups in total. The molecule has 0 aliphatic heterocycles. The van der Waals surface area contributed by atoms with Gasteiger partial charge in [0.05, 0.1) is 11.5 Å². The lowest BCUT2D eigenvalue weighted by Gasteiger charge is -2.21. The minimum Gasteiger partial charge on any atom is -0.309 e. The normalized spacial score (nSPS) is 13.3. The number of rotatable bonds is 9. The van der Waals surface area contributed by atoms with E-state index >= 15 is 0 Å². The molecular weight excluding hydrogens is 282 g/mol. The van der Waals surface area contributed by atoms with Crippen LogP contribution in [0.3, 0.4) is 0 Å². The van der Waals surface area contributed by atoms with Gasteiger partial charge in [-0.25, -0.2) is 8.42 Å². The highest BCUT2D eigenvalue weighted by molar-refractivity contribution is 7.91. The summed E-state index contributed by atoms with van der Waals surface area (Å²) >= 11 is 0. The van der Waals surface area contributed by atoms with Crippen LogP contribution in [0.25, 0.3) is 0 Å². The molecule has 0 aliphatic carbocycles. The van der Waals surface area contributed by atoms with E-state index in [9.17, 15) is 8.42 Å². The van der Waals surface area contributed by atoms with Gasteiger partial charge in [0.2, 0.25) is 0 Å². The van der Waals surface area contributed by atoms with Gasteiger partial charge in [-0.3, -0.25) is 0 Å². The first-order valence-electron chi connectivity index (χ1n) is 7.90. The fraction of sp³-hybridized carbons (Fsp3) is 0.647. The molecule has 0 aromatic heterocycles. The summed E-state index contributed by atoms with van der Waals surface area (Å²) in [6.07, 6.45) is 2.65. The average molecular weight is 311 g/mol. The molecule has 0 spiro atoms. The minimum atomic E-state index is -3.01. The molecule has 0 heterocycles. The summed E-state index contributed by atoms with van der Waals surface area (Å²) in [5, 5.41) is 3.41. The van der Waals surface area contributed by atoms with Crippen molar-refractivity contribution < 1.29 is 8.42 Å². The van der Waals surface area contributed by atoms with Crippen LogP contribution in [0.15, 0.2) is 18.2 Å². The third kappa shape index (κ3) is 6.18. The quantitative estimate of drug-likeness (QED) is 0.758. The lowest BCUT2D eigenvalue weighted by Crippen LogP contribution is -2.30. The highest BCUT2D eigenvalue weighted by Crippen LogP contribution is 2.21. The number of hydrogen-bond acceptors (Lipinski definition) is 3. The molecule has 1 unspecified atom stereocenters. The van der Waals surface area contributed by atoms with E-state index < -0.39 is 9.84 Å². The Hall–Kier alpha value is -0.870. The van der Waals surface area contributed by atoms with E-state index in [-0.39, 0.29) is 11.8 Å². The molecule has 3 nitrogen and oxygen atoms in total. The number of hydrogen-bond donors (Lipinski definition) is 1. The van der Waals surface area contributed by atoms with E-state index in [0.717, 1.165) is 36.9 Å². The summed E-state index contributed by atoms with van der Waals surface area (Å²) in [5.74, 6) is 0.482. The molecular formula is C17H29NO2S. The van der Waals surface area contributed by atoms with Gasteiger partial charge in [-0.2, -0.15) is 0 Å². The topological polar surface area (TPSA) is 46.2 Å². The summed E-state index contributed by atoms with van der Waals surface area (Å²) in [6, 6.07) is 6.15. The molecule has 0 amide bonds. The van der Waals surface area contributed by atoms with Crippen LogP contribution in [-0.2, 0) is 9.84 Å². The monoisotopic (exact) mass is 311 g/mol. The third-order valence-electron chi connectivity index (χ3n) is 3.68. The Kier molecular flexibility index (Phi) is 7.40. The Labute approximate surface area is 130 Å². The predicted octanol–water partition coefficient (Wildman–Crippen LogP) is 3.56. The van der Waals surface area contributed by atoms with Gasteiger partial charge in [0, 0.05) is 6.04 Å². The average Bonchev–Trinajstić information content (AvgIpc) is 2.44. The van der Waals surface area contributed by atoms with Crippen LogP contribution in [0, 0.1) is 13.8 Å². The second-order valence-corrected chi connectivity index (χ2v) is 8.06. The van der Waals surface area contributed by atoms with Crippen molar-refractivity contribution in [3.63, 3.8) is 0 Å². The van der Waals surface area contributed by atoms with E-state index in [1.54, 1.807) is 0 Å². The molecule has 21 heavy (non-hydrogen) atoms. The first kappa shape index (κ1) is 18.2. The lowest BCUT2D eigenvalue weighted by atomic mass is 10.00. The van der Waals surface area contributed by atoms with Crippen molar-refractivity contribution in [1.29, 1.82) is 0 Å². The Morgan fingerprint density at radius 1 is 1.14 bits per heavy atom. The number of nitrogens with one attached hydrogen (secondary N) is 1. The van der Waals surface area contributed by atoms with Crippen LogP contribution in [0.1, 0.15) is 55.8 Å². The first-order valence-corrected chi connectivity index (χ1v) is 9.72. The Balaban J connectivity index is 2.97. The lowest BCUT2D eigenvalue weighted by molar-refractivity contribution is 0.543. The summed E-state index contributed by atoms with van der Waals surface area (Å²) in [7, 11) is -3.01. The van der Waals surface area contributed by atoms with Crippen LogP contribution in [-0.4, -0.2) is 26.5 Å². The van der Waals surface area contributed by atoms with E-state index in [1.165, 1.54) is 5.56 Å². The third-order valence-corrected chi connectivity index (χ3v) is 5.43. The van der Waals surface area contributed by atoms with Crippen LogP contribution in [0.5, 0.6) is 0 Å². The second kappa shape index (κ2) is 8.54. The number of unbranched alkanes of at least 4 members (excludes halogenated alkanes) is 1. The molecule has 0 aliphatic rings. The van der Waals surface area contributed by atoms with E-state index in [4.69, 9.17) is 0 Å². The smallest absolute Gasteiger partial charge is 0.152 e. The maximum absolute atomic E-state index is 12.3. The summed E-state index contributed by atoms with van der Waals surface area (Å²) in [5.41, 5.74) is 3.44. The molecule has 1 aromatic rings. The van der Waals surface area contributed by atoms with Crippen LogP contribution >= 0.6 is 0 Å². The van der Waals surface area contributed by atoms with Gasteiger partial charge < -0.3 is 5.32 Å². The van der Waals surface area contributed by atoms with Gasteiger partial charge in [0.15, 0.2) is 9.84 Å². The molecule has 120 valence electrons. The van der Waals surface area contributed by atoms with E-state index in [2.05, 4.69) is 30.4 Å². The van der Waals surface area contributed by atoms with E-state index in [1.807, 2.05) is 20.8 Å². The summed E-state index contributed by atoms with van der Waals surface area (Å²) in [6.45, 7) is 9.05. The Morgan fingerprint density at radius 3 is 2.48 bits per heavy atom. The maximum atomic E-state index is 12.3. The largest absolute Gasteiger partial charge is 0.309 e. The highest BCUT2D eigenvalue weighted by atomic mass is 32.2. The standard InChI is InChI=1S/C17H29NO2S/c1-5-7-11-21(19,20)13-17(18-10-6-2)16-12-14(3)8-9-15(16)4/h8-9,12,17-18H,5-7,10-11,13H2,1-4H3. The Morgan fingerprint density at radius 2 is 1.86 bits per heavy atom. The number of sulfone groups is 1. The summed E-state index contributed by atoms with van der Waals surface area (Å²) in [4.78, 5) is 0. The molecule has 0 radical (unpaired) electrons. The molecule has 0 bridgehead atoms. The highest BCUT2D eigenvalue weighted by Gasteiger charge is 2.21. The molecule has 0 saturated heterocycles. The summed E-state index contributed by atoms with van der Waals surface area (Å²) < 4.78 is 24.6. The van der Waals surface area contributed by atoms with Crippen molar-refractivity contribution in [1.82, 2.24) is 5.32 Å². The molecule has 0 fully saturated rings. The number of aryl methyl sites for hydroxylation is 2. The first-order chi connectivity index (χ1) is 9.89. The van der Waals surface area contributed by atoms with Crippen molar-refractivity contribution >= 4 is 9.84 Å². The van der Waals surface area contributed by atoms with Crippen molar-refractivity contribution in [2.45, 2.75) is 53.0 Å². The Bertz CT molecular complexity index is 538. The molecule has 1 aromatic carbocycles. The zero-order chi connectivity index (χ0) is 15.9. The molecule has 4 heteroatoms. The molecule has 0 saturated carbocycles. The fourth-order valence-corrected chi connectivity index (χ4v) is 4.11. The van der Waals surface area contributed by atoms with Crippen LogP contribution in [0.2, 0.25) is 0 Å². The van der Waals surface area contributed by atoms with Gasteiger partial charge in [-0.1, -0.05) is 44.0 Å². The van der Waals surface area contributed by atoms with Gasteiger partial charge in [-0.05, 0) is 44.4 Å². The molecule has 1 atom stereocenters. The minimum absolute atomic E-state index is 0.105. The van der Waals surface area contributed by atoms with Crippen molar-refractivity contribution in [2.75, 3.05) is 18.1 Å². The predicted molar refractivity (Wildman–Crippen MR) is 90.5 cm³/mol. The van der Waals surface area contributed by atoms with Gasteiger partial charge in [0.1, 0.15) is 0 Å². The van der Waals surface area contributed by atoms with Crippen molar-refractivity contribution in [3.8, 4) is 0 Å². The number of benzene rings is 1. The fourth-order valence-electron chi connectivity index (χ4n) is 2.41. The van der Waals surface area contributed by atoms with Crippen molar-refractivity contribution in [3.05, 3.63) is 34.9 Å². The SMILES string of the molecule is CCCCS(=O)(=O)CC(NCCC)c1cc(C)ccc1C.